The second-order valence-corrected chi connectivity index (χ2v) is 7.96. The van der Waals surface area contributed by atoms with E-state index in [4.69, 9.17) is 14.2 Å². The van der Waals surface area contributed by atoms with Gasteiger partial charge in [-0.2, -0.15) is 0 Å². The molecule has 2 atom stereocenters. The molecular weight excluding hydrogens is 410 g/mol. The van der Waals surface area contributed by atoms with Gasteiger partial charge in [0.15, 0.2) is 5.78 Å². The van der Waals surface area contributed by atoms with Crippen molar-refractivity contribution in [1.82, 2.24) is 4.90 Å². The molecule has 0 saturated carbocycles. The number of benzene rings is 1. The normalized spacial score (nSPS) is 21.3. The van der Waals surface area contributed by atoms with Crippen molar-refractivity contribution in [1.29, 1.82) is 0 Å². The molecule has 0 spiro atoms. The molecule has 1 fully saturated rings. The maximum Gasteiger partial charge on any atom is 0.308 e. The molecule has 3 rings (SSSR count). The van der Waals surface area contributed by atoms with Crippen molar-refractivity contribution in [2.24, 2.45) is 0 Å². The number of carboxylic acid groups (broad SMARTS) is 1. The van der Waals surface area contributed by atoms with Crippen molar-refractivity contribution in [2.45, 2.75) is 30.7 Å². The molecule has 2 heterocycles. The highest BCUT2D eigenvalue weighted by atomic mass is 32.2. The lowest BCUT2D eigenvalue weighted by Gasteiger charge is -2.27. The maximum atomic E-state index is 13.5. The van der Waals surface area contributed by atoms with Crippen LogP contribution in [-0.2, 0) is 14.3 Å². The molecule has 1 saturated heterocycles. The van der Waals surface area contributed by atoms with Gasteiger partial charge in [0.25, 0.3) is 5.91 Å². The minimum absolute atomic E-state index is 0.0164. The van der Waals surface area contributed by atoms with Crippen molar-refractivity contribution in [2.75, 3.05) is 33.6 Å². The number of carboxylic acids is 1. The van der Waals surface area contributed by atoms with Crippen LogP contribution in [0, 0.1) is 0 Å². The smallest absolute Gasteiger partial charge is 0.308 e. The summed E-state index contributed by atoms with van der Waals surface area (Å²) < 4.78 is 16.2. The lowest BCUT2D eigenvalue weighted by Crippen LogP contribution is -2.40. The van der Waals surface area contributed by atoms with E-state index in [-0.39, 0.29) is 22.8 Å². The van der Waals surface area contributed by atoms with Gasteiger partial charge < -0.3 is 24.2 Å². The van der Waals surface area contributed by atoms with Gasteiger partial charge in [-0.15, -0.1) is 11.8 Å². The second-order valence-electron chi connectivity index (χ2n) is 7.04. The summed E-state index contributed by atoms with van der Waals surface area (Å²) >= 11 is 1.32. The third kappa shape index (κ3) is 4.32. The topological polar surface area (TPSA) is 102 Å². The Morgan fingerprint density at radius 2 is 2.07 bits per heavy atom. The van der Waals surface area contributed by atoms with Crippen molar-refractivity contribution in [3.05, 3.63) is 34.9 Å². The number of Topliss-reactive ketones (excluding diaryl/α,β-unsaturated/α-hetero) is 1. The third-order valence-corrected chi connectivity index (χ3v) is 6.18. The Balaban J connectivity index is 2.02. The van der Waals surface area contributed by atoms with Gasteiger partial charge in [0, 0.05) is 30.4 Å². The van der Waals surface area contributed by atoms with Crippen LogP contribution in [0.3, 0.4) is 0 Å². The molecule has 1 aromatic carbocycles. The zero-order valence-corrected chi connectivity index (χ0v) is 18.0. The Kier molecular flexibility index (Phi) is 7.04. The standard InChI is InChI=1S/C21H25NO7S/c1-27-12-6-7-14(16(9-12)28-2)19(25)18-15(10-17(23)24)20(26)22(21(18)30-3)11-13-5-4-8-29-13/h6-7,9,13,21H,4-5,8,10-11H2,1-3H3,(H,23,24)/t13-,21+/m0/s1. The van der Waals surface area contributed by atoms with Crippen LogP contribution < -0.4 is 9.47 Å². The van der Waals surface area contributed by atoms with Crippen molar-refractivity contribution in [3.63, 3.8) is 0 Å². The van der Waals surface area contributed by atoms with E-state index in [0.717, 1.165) is 12.8 Å². The average molecular weight is 435 g/mol. The van der Waals surface area contributed by atoms with E-state index in [1.54, 1.807) is 29.4 Å². The Labute approximate surface area is 179 Å². The molecule has 1 N–H and O–H groups in total. The van der Waals surface area contributed by atoms with Crippen LogP contribution in [0.4, 0.5) is 0 Å². The molecule has 1 amide bonds. The van der Waals surface area contributed by atoms with Gasteiger partial charge in [-0.1, -0.05) is 0 Å². The van der Waals surface area contributed by atoms with Crippen molar-refractivity contribution >= 4 is 29.4 Å². The first-order valence-corrected chi connectivity index (χ1v) is 10.9. The summed E-state index contributed by atoms with van der Waals surface area (Å²) in [6.07, 6.45) is 2.91. The van der Waals surface area contributed by atoms with Gasteiger partial charge in [-0.25, -0.2) is 0 Å². The first kappa shape index (κ1) is 22.2. The van der Waals surface area contributed by atoms with Crippen LogP contribution in [0.1, 0.15) is 29.6 Å². The van der Waals surface area contributed by atoms with E-state index in [2.05, 4.69) is 0 Å². The highest BCUT2D eigenvalue weighted by molar-refractivity contribution is 7.99. The Hall–Kier alpha value is -2.52. The van der Waals surface area contributed by atoms with Gasteiger partial charge >= 0.3 is 5.97 Å². The number of aliphatic carboxylic acids is 1. The van der Waals surface area contributed by atoms with E-state index in [1.165, 1.54) is 26.0 Å². The number of carbonyl (C=O) groups is 3. The molecule has 162 valence electrons. The number of ether oxygens (including phenoxy) is 3. The molecule has 2 aliphatic heterocycles. The third-order valence-electron chi connectivity index (χ3n) is 5.25. The highest BCUT2D eigenvalue weighted by Crippen LogP contribution is 2.38. The number of methoxy groups -OCH3 is 2. The summed E-state index contributed by atoms with van der Waals surface area (Å²) in [4.78, 5) is 39.7. The second kappa shape index (κ2) is 9.53. The molecule has 9 heteroatoms. The number of hydrogen-bond acceptors (Lipinski definition) is 7. The Morgan fingerprint density at radius 1 is 1.30 bits per heavy atom. The quantitative estimate of drug-likeness (QED) is 0.590. The summed E-state index contributed by atoms with van der Waals surface area (Å²) in [7, 11) is 2.94. The van der Waals surface area contributed by atoms with Crippen molar-refractivity contribution < 1.29 is 33.7 Å². The summed E-state index contributed by atoms with van der Waals surface area (Å²) in [6, 6.07) is 4.78. The van der Waals surface area contributed by atoms with E-state index in [0.29, 0.717) is 24.7 Å². The Morgan fingerprint density at radius 3 is 2.63 bits per heavy atom. The Bertz CT molecular complexity index is 876. The van der Waals surface area contributed by atoms with E-state index >= 15 is 0 Å². The number of hydrogen-bond donors (Lipinski definition) is 1. The predicted octanol–water partition coefficient (Wildman–Crippen LogP) is 2.37. The zero-order chi connectivity index (χ0) is 21.8. The van der Waals surface area contributed by atoms with Gasteiger partial charge in [-0.05, 0) is 31.2 Å². The lowest BCUT2D eigenvalue weighted by atomic mass is 9.97. The largest absolute Gasteiger partial charge is 0.497 e. The van der Waals surface area contributed by atoms with Crippen LogP contribution >= 0.6 is 11.8 Å². The summed E-state index contributed by atoms with van der Waals surface area (Å²) in [6.45, 7) is 0.963. The number of nitrogens with zero attached hydrogens (tertiary/aromatic N) is 1. The molecule has 2 aliphatic rings. The summed E-state index contributed by atoms with van der Waals surface area (Å²) in [5.74, 6) is -1.20. The van der Waals surface area contributed by atoms with Crippen LogP contribution in [0.2, 0.25) is 0 Å². The fourth-order valence-electron chi connectivity index (χ4n) is 3.83. The molecule has 0 aromatic heterocycles. The van der Waals surface area contributed by atoms with Gasteiger partial charge in [0.2, 0.25) is 0 Å². The number of rotatable bonds is 9. The highest BCUT2D eigenvalue weighted by Gasteiger charge is 2.44. The van der Waals surface area contributed by atoms with Crippen LogP contribution in [-0.4, -0.2) is 72.8 Å². The van der Waals surface area contributed by atoms with Gasteiger partial charge in [-0.3, -0.25) is 14.4 Å². The van der Waals surface area contributed by atoms with E-state index in [1.807, 2.05) is 0 Å². The SMILES string of the molecule is COc1ccc(C(=O)C2=C(CC(=O)O)C(=O)N(C[C@@H]3CCCO3)[C@@H]2SC)c(OC)c1. The number of amides is 1. The molecular formula is C21H25NO7S. The minimum Gasteiger partial charge on any atom is -0.497 e. The molecule has 30 heavy (non-hydrogen) atoms. The van der Waals surface area contributed by atoms with E-state index < -0.39 is 29.5 Å². The molecule has 1 aromatic rings. The molecule has 0 radical (unpaired) electrons. The minimum atomic E-state index is -1.16. The number of thioether (sulfide) groups is 1. The average Bonchev–Trinajstić information content (AvgIpc) is 3.34. The lowest BCUT2D eigenvalue weighted by molar-refractivity contribution is -0.137. The molecule has 8 nitrogen and oxygen atoms in total. The van der Waals surface area contributed by atoms with Gasteiger partial charge in [0.1, 0.15) is 16.9 Å². The first-order chi connectivity index (χ1) is 14.4. The molecule has 0 aliphatic carbocycles. The predicted molar refractivity (Wildman–Crippen MR) is 111 cm³/mol. The monoisotopic (exact) mass is 435 g/mol. The molecule has 0 bridgehead atoms. The summed E-state index contributed by atoms with van der Waals surface area (Å²) in [5, 5.41) is 8.78. The first-order valence-electron chi connectivity index (χ1n) is 9.58. The van der Waals surface area contributed by atoms with Crippen LogP contribution in [0.25, 0.3) is 0 Å². The fraction of sp³-hybridized carbons (Fsp3) is 0.476. The molecule has 0 unspecified atom stereocenters. The van der Waals surface area contributed by atoms with Crippen LogP contribution in [0.5, 0.6) is 11.5 Å². The van der Waals surface area contributed by atoms with E-state index in [9.17, 15) is 19.5 Å². The van der Waals surface area contributed by atoms with Crippen LogP contribution in [0.15, 0.2) is 29.3 Å². The zero-order valence-electron chi connectivity index (χ0n) is 17.2. The number of carbonyl (C=O) groups excluding carboxylic acids is 2. The maximum absolute atomic E-state index is 13.5. The summed E-state index contributed by atoms with van der Waals surface area (Å²) in [5.41, 5.74) is 0.459. The number of ketones is 1. The van der Waals surface area contributed by atoms with Gasteiger partial charge in [0.05, 0.1) is 32.3 Å². The van der Waals surface area contributed by atoms with Crippen molar-refractivity contribution in [3.8, 4) is 11.5 Å². The fourth-order valence-corrected chi connectivity index (χ4v) is 4.76.